The van der Waals surface area contributed by atoms with Crippen LogP contribution in [-0.4, -0.2) is 33.4 Å². The third-order valence-corrected chi connectivity index (χ3v) is 5.60. The Morgan fingerprint density at radius 2 is 2.20 bits per heavy atom. The fraction of sp³-hybridized carbons (Fsp3) is 0.467. The maximum Gasteiger partial charge on any atom is 0.263 e. The Kier molecular flexibility index (Phi) is 2.54. The van der Waals surface area contributed by atoms with E-state index in [0.717, 1.165) is 37.4 Å². The molecule has 0 bridgehead atoms. The third-order valence-electron chi connectivity index (χ3n) is 4.61. The lowest BCUT2D eigenvalue weighted by Crippen LogP contribution is -2.33. The summed E-state index contributed by atoms with van der Waals surface area (Å²) in [6.07, 6.45) is 6.09. The number of hydrogen-bond acceptors (Lipinski definition) is 3. The summed E-state index contributed by atoms with van der Waals surface area (Å²) in [4.78, 5) is 21.2. The maximum absolute atomic E-state index is 12.6. The lowest BCUT2D eigenvalue weighted by molar-refractivity contribution is 0.0788. The number of hydrogen-bond donors (Lipinski definition) is 0. The molecule has 4 nitrogen and oxygen atoms in total. The monoisotopic (exact) mass is 287 g/mol. The van der Waals surface area contributed by atoms with E-state index in [0.29, 0.717) is 0 Å². The van der Waals surface area contributed by atoms with Crippen LogP contribution in [0.25, 0.3) is 0 Å². The highest BCUT2D eigenvalue weighted by Gasteiger charge is 2.47. The normalized spacial score (nSPS) is 24.6. The van der Waals surface area contributed by atoms with Gasteiger partial charge in [-0.3, -0.25) is 4.79 Å². The Labute approximate surface area is 122 Å². The molecule has 0 N–H and O–H groups in total. The molecule has 104 valence electrons. The first-order valence-corrected chi connectivity index (χ1v) is 7.87. The van der Waals surface area contributed by atoms with Crippen molar-refractivity contribution in [3.63, 3.8) is 0 Å². The van der Waals surface area contributed by atoms with Gasteiger partial charge in [0.2, 0.25) is 0 Å². The van der Waals surface area contributed by atoms with Crippen LogP contribution in [0.1, 0.15) is 33.2 Å². The number of carbonyl (C=O) groups is 1. The summed E-state index contributed by atoms with van der Waals surface area (Å²) in [6.45, 7) is 4.75. The van der Waals surface area contributed by atoms with Crippen molar-refractivity contribution < 1.29 is 4.79 Å². The van der Waals surface area contributed by atoms with Crippen LogP contribution in [-0.2, 0) is 12.0 Å². The first kappa shape index (κ1) is 12.1. The van der Waals surface area contributed by atoms with Gasteiger partial charge in [0.1, 0.15) is 5.82 Å². The molecule has 0 unspecified atom stereocenters. The van der Waals surface area contributed by atoms with Crippen LogP contribution in [0.5, 0.6) is 0 Å². The highest BCUT2D eigenvalue weighted by atomic mass is 32.1. The number of carbonyl (C=O) groups excluding carboxylic acids is 1. The molecule has 2 aliphatic heterocycles. The number of rotatable bonds is 1. The summed E-state index contributed by atoms with van der Waals surface area (Å²) < 4.78 is 2.24. The second-order valence-electron chi connectivity index (χ2n) is 5.86. The molecule has 0 radical (unpaired) electrons. The highest BCUT2D eigenvalue weighted by molar-refractivity contribution is 7.13. The zero-order chi connectivity index (χ0) is 13.7. The second kappa shape index (κ2) is 4.19. The van der Waals surface area contributed by atoms with Gasteiger partial charge < -0.3 is 9.47 Å². The number of likely N-dealkylation sites (tertiary alicyclic amines) is 1. The van der Waals surface area contributed by atoms with Gasteiger partial charge in [-0.1, -0.05) is 0 Å². The lowest BCUT2D eigenvalue weighted by atomic mass is 9.85. The minimum Gasteiger partial charge on any atom is -0.337 e. The van der Waals surface area contributed by atoms with Gasteiger partial charge in [0, 0.05) is 42.3 Å². The molecule has 0 aromatic carbocycles. The Hall–Kier alpha value is -1.62. The summed E-state index contributed by atoms with van der Waals surface area (Å²) in [5, 5.41) is 0. The van der Waals surface area contributed by atoms with Gasteiger partial charge in [0.25, 0.3) is 5.91 Å². The zero-order valence-corrected chi connectivity index (χ0v) is 12.3. The molecular weight excluding hydrogens is 270 g/mol. The number of nitrogens with zero attached hydrogens (tertiary/aromatic N) is 3. The average Bonchev–Trinajstić information content (AvgIpc) is 3.18. The fourth-order valence-corrected chi connectivity index (χ4v) is 4.37. The predicted molar refractivity (Wildman–Crippen MR) is 78.1 cm³/mol. The maximum atomic E-state index is 12.6. The second-order valence-corrected chi connectivity index (χ2v) is 7.15. The van der Waals surface area contributed by atoms with Gasteiger partial charge in [0.05, 0.1) is 4.88 Å². The number of fused-ring (bicyclic) bond motifs is 2. The number of amides is 1. The number of aromatic nitrogens is 2. The van der Waals surface area contributed by atoms with Crippen LogP contribution in [0.15, 0.2) is 24.5 Å². The smallest absolute Gasteiger partial charge is 0.263 e. The molecule has 5 heteroatoms. The van der Waals surface area contributed by atoms with Crippen molar-refractivity contribution in [2.24, 2.45) is 0 Å². The van der Waals surface area contributed by atoms with Crippen LogP contribution in [0.2, 0.25) is 0 Å². The molecule has 1 saturated heterocycles. The van der Waals surface area contributed by atoms with Crippen molar-refractivity contribution >= 4 is 17.2 Å². The van der Waals surface area contributed by atoms with E-state index in [1.54, 1.807) is 11.3 Å². The van der Waals surface area contributed by atoms with Crippen molar-refractivity contribution in [2.75, 3.05) is 13.1 Å². The van der Waals surface area contributed by atoms with Crippen LogP contribution in [0.3, 0.4) is 0 Å². The van der Waals surface area contributed by atoms with Crippen molar-refractivity contribution in [3.05, 3.63) is 40.1 Å². The summed E-state index contributed by atoms with van der Waals surface area (Å²) in [6, 6.07) is 3.97. The van der Waals surface area contributed by atoms with E-state index in [-0.39, 0.29) is 11.3 Å². The molecule has 2 aliphatic rings. The Morgan fingerprint density at radius 1 is 1.35 bits per heavy atom. The number of aryl methyl sites for hydroxylation is 2. The molecule has 0 saturated carbocycles. The van der Waals surface area contributed by atoms with Gasteiger partial charge in [-0.2, -0.15) is 0 Å². The summed E-state index contributed by atoms with van der Waals surface area (Å²) in [5.41, 5.74) is 0.103. The van der Waals surface area contributed by atoms with E-state index in [1.165, 1.54) is 10.7 Å². The topological polar surface area (TPSA) is 38.1 Å². The average molecular weight is 287 g/mol. The molecule has 2 aromatic heterocycles. The number of imidazole rings is 1. The quantitative estimate of drug-likeness (QED) is 0.808. The van der Waals surface area contributed by atoms with Gasteiger partial charge in [-0.15, -0.1) is 11.3 Å². The molecule has 4 heterocycles. The molecular formula is C15H17N3OS. The summed E-state index contributed by atoms with van der Waals surface area (Å²) in [5.74, 6) is 1.36. The van der Waals surface area contributed by atoms with E-state index >= 15 is 0 Å². The van der Waals surface area contributed by atoms with Crippen molar-refractivity contribution in [3.8, 4) is 0 Å². The lowest BCUT2D eigenvalue weighted by Gasteiger charge is -2.22. The van der Waals surface area contributed by atoms with Crippen molar-refractivity contribution in [2.45, 2.75) is 31.7 Å². The Bertz CT molecular complexity index is 674. The van der Waals surface area contributed by atoms with E-state index in [4.69, 9.17) is 0 Å². The SMILES string of the molecule is Cc1ccc(C(=O)N2CC[C@]3(CCn4ccnc43)C2)s1. The fourth-order valence-electron chi connectivity index (χ4n) is 3.54. The molecule has 1 fully saturated rings. The first-order valence-electron chi connectivity index (χ1n) is 7.05. The van der Waals surface area contributed by atoms with Crippen LogP contribution < -0.4 is 0 Å². The van der Waals surface area contributed by atoms with Crippen LogP contribution in [0.4, 0.5) is 0 Å². The Morgan fingerprint density at radius 3 is 3.00 bits per heavy atom. The molecule has 1 spiro atoms. The van der Waals surface area contributed by atoms with E-state index in [9.17, 15) is 4.79 Å². The molecule has 2 aromatic rings. The van der Waals surface area contributed by atoms with E-state index < -0.39 is 0 Å². The predicted octanol–water partition coefficient (Wildman–Crippen LogP) is 2.44. The highest BCUT2D eigenvalue weighted by Crippen LogP contribution is 2.42. The van der Waals surface area contributed by atoms with E-state index in [1.807, 2.05) is 30.2 Å². The summed E-state index contributed by atoms with van der Waals surface area (Å²) in [7, 11) is 0. The van der Waals surface area contributed by atoms with Crippen LogP contribution in [0, 0.1) is 6.92 Å². The van der Waals surface area contributed by atoms with Gasteiger partial charge in [-0.25, -0.2) is 4.98 Å². The standard InChI is InChI=1S/C15H17N3OS/c1-11-2-3-12(20-11)13(19)18-8-5-15(10-18)4-7-17-9-6-16-14(15)17/h2-3,6,9H,4-5,7-8,10H2,1H3/t15-/m1/s1. The van der Waals surface area contributed by atoms with Crippen molar-refractivity contribution in [1.82, 2.24) is 14.5 Å². The Balaban J connectivity index is 1.58. The summed E-state index contributed by atoms with van der Waals surface area (Å²) >= 11 is 1.59. The van der Waals surface area contributed by atoms with Crippen molar-refractivity contribution in [1.29, 1.82) is 0 Å². The largest absolute Gasteiger partial charge is 0.337 e. The third kappa shape index (κ3) is 1.66. The number of thiophene rings is 1. The van der Waals surface area contributed by atoms with Gasteiger partial charge >= 0.3 is 0 Å². The molecule has 1 atom stereocenters. The minimum atomic E-state index is 0.103. The molecule has 1 amide bonds. The molecule has 0 aliphatic carbocycles. The molecule has 20 heavy (non-hydrogen) atoms. The van der Waals surface area contributed by atoms with E-state index in [2.05, 4.69) is 15.7 Å². The van der Waals surface area contributed by atoms with Crippen LogP contribution >= 0.6 is 11.3 Å². The molecule has 4 rings (SSSR count). The van der Waals surface area contributed by atoms with Gasteiger partial charge in [0.15, 0.2) is 0 Å². The minimum absolute atomic E-state index is 0.103. The zero-order valence-electron chi connectivity index (χ0n) is 11.5. The first-order chi connectivity index (χ1) is 9.68. The van der Waals surface area contributed by atoms with Gasteiger partial charge in [-0.05, 0) is 31.9 Å².